The van der Waals surface area contributed by atoms with Gasteiger partial charge in [0, 0.05) is 25.7 Å². The SMILES string of the molecule is CCC(C)CCCCCCCCCCCCC(=O)OC[C@H](COP(=O)(O)OC[C@@H](O)COP(=O)(O)OC[C@@H](COC(=O)CCCCCCCCC(C)CC)OC(=O)CCCCCCCCCCCCCCCCC(C)C)OC(=O)CCCCCCCCCCC(C)CC. The Hall–Kier alpha value is -1.94. The quantitative estimate of drug-likeness (QED) is 0.0222. The van der Waals surface area contributed by atoms with E-state index in [0.29, 0.717) is 25.7 Å². The Kier molecular flexibility index (Phi) is 62.2. The number of hydrogen-bond donors (Lipinski definition) is 3. The predicted molar refractivity (Wildman–Crippen MR) is 377 cm³/mol. The van der Waals surface area contributed by atoms with Crippen molar-refractivity contribution in [1.82, 2.24) is 0 Å². The highest BCUT2D eigenvalue weighted by Crippen LogP contribution is 2.45. The van der Waals surface area contributed by atoms with Gasteiger partial charge >= 0.3 is 39.5 Å². The highest BCUT2D eigenvalue weighted by Gasteiger charge is 2.30. The molecule has 552 valence electrons. The fraction of sp³-hybridized carbons (Fsp3) is 0.946. The van der Waals surface area contributed by atoms with E-state index < -0.39 is 97.5 Å². The Morgan fingerprint density at radius 3 is 0.763 bits per heavy atom. The van der Waals surface area contributed by atoms with Crippen LogP contribution in [0.15, 0.2) is 0 Å². The topological polar surface area (TPSA) is 237 Å². The second-order valence-corrected chi connectivity index (χ2v) is 30.8. The first-order chi connectivity index (χ1) is 44.7. The van der Waals surface area contributed by atoms with Crippen LogP contribution in [0.1, 0.15) is 370 Å². The molecule has 0 aromatic heterocycles. The molecule has 0 bridgehead atoms. The van der Waals surface area contributed by atoms with Crippen molar-refractivity contribution in [3.8, 4) is 0 Å². The molecule has 0 aromatic carbocycles. The van der Waals surface area contributed by atoms with E-state index in [2.05, 4.69) is 55.4 Å². The van der Waals surface area contributed by atoms with Gasteiger partial charge in [-0.25, -0.2) is 9.13 Å². The molecule has 0 aliphatic carbocycles. The molecule has 0 fully saturated rings. The van der Waals surface area contributed by atoms with E-state index in [0.717, 1.165) is 120 Å². The number of aliphatic hydroxyl groups excluding tert-OH is 1. The summed E-state index contributed by atoms with van der Waals surface area (Å²) < 4.78 is 68.5. The zero-order valence-electron chi connectivity index (χ0n) is 60.9. The number of rotatable bonds is 71. The van der Waals surface area contributed by atoms with Crippen LogP contribution in [-0.4, -0.2) is 96.7 Å². The molecule has 0 aromatic rings. The summed E-state index contributed by atoms with van der Waals surface area (Å²) in [6, 6.07) is 0. The predicted octanol–water partition coefficient (Wildman–Crippen LogP) is 21.3. The minimum Gasteiger partial charge on any atom is -0.462 e. The van der Waals surface area contributed by atoms with Gasteiger partial charge in [0.15, 0.2) is 12.2 Å². The molecule has 17 nitrogen and oxygen atoms in total. The van der Waals surface area contributed by atoms with Gasteiger partial charge in [-0.05, 0) is 49.4 Å². The van der Waals surface area contributed by atoms with E-state index in [9.17, 15) is 43.2 Å². The Morgan fingerprint density at radius 1 is 0.301 bits per heavy atom. The molecule has 0 amide bonds. The number of phosphoric ester groups is 2. The van der Waals surface area contributed by atoms with Gasteiger partial charge in [-0.15, -0.1) is 0 Å². The molecule has 0 spiro atoms. The van der Waals surface area contributed by atoms with Crippen molar-refractivity contribution in [2.45, 2.75) is 388 Å². The van der Waals surface area contributed by atoms with Crippen LogP contribution < -0.4 is 0 Å². The second-order valence-electron chi connectivity index (χ2n) is 27.9. The number of carbonyl (C=O) groups excluding carboxylic acids is 4. The van der Waals surface area contributed by atoms with Crippen LogP contribution in [-0.2, 0) is 65.4 Å². The lowest BCUT2D eigenvalue weighted by Gasteiger charge is -2.21. The Morgan fingerprint density at radius 2 is 0.516 bits per heavy atom. The number of carbonyl (C=O) groups is 4. The molecule has 0 aliphatic rings. The summed E-state index contributed by atoms with van der Waals surface area (Å²) in [7, 11) is -9.91. The van der Waals surface area contributed by atoms with Gasteiger partial charge in [-0.2, -0.15) is 0 Å². The van der Waals surface area contributed by atoms with Gasteiger partial charge in [0.05, 0.1) is 26.4 Å². The van der Waals surface area contributed by atoms with Crippen molar-refractivity contribution in [3.05, 3.63) is 0 Å². The smallest absolute Gasteiger partial charge is 0.462 e. The van der Waals surface area contributed by atoms with Crippen molar-refractivity contribution < 1.29 is 80.2 Å². The fourth-order valence-corrected chi connectivity index (χ4v) is 12.7. The van der Waals surface area contributed by atoms with Crippen LogP contribution >= 0.6 is 15.6 Å². The van der Waals surface area contributed by atoms with E-state index >= 15 is 0 Å². The molecular weight excluding hydrogens is 1220 g/mol. The summed E-state index contributed by atoms with van der Waals surface area (Å²) in [6.07, 6.45) is 47.1. The van der Waals surface area contributed by atoms with Gasteiger partial charge in [0.1, 0.15) is 19.3 Å². The highest BCUT2D eigenvalue weighted by atomic mass is 31.2. The molecule has 0 saturated heterocycles. The first-order valence-electron chi connectivity index (χ1n) is 38.3. The zero-order chi connectivity index (χ0) is 68.9. The van der Waals surface area contributed by atoms with Crippen LogP contribution in [0.4, 0.5) is 0 Å². The van der Waals surface area contributed by atoms with E-state index in [-0.39, 0.29) is 25.7 Å². The maximum atomic E-state index is 13.0. The second kappa shape index (κ2) is 63.5. The van der Waals surface area contributed by atoms with Crippen molar-refractivity contribution in [3.63, 3.8) is 0 Å². The molecule has 19 heteroatoms. The maximum Gasteiger partial charge on any atom is 0.472 e. The molecule has 0 heterocycles. The average molecular weight is 1370 g/mol. The molecule has 8 atom stereocenters. The van der Waals surface area contributed by atoms with Gasteiger partial charge in [-0.1, -0.05) is 319 Å². The minimum absolute atomic E-state index is 0.104. The Bertz CT molecular complexity index is 1840. The van der Waals surface area contributed by atoms with Crippen LogP contribution in [0.3, 0.4) is 0 Å². The van der Waals surface area contributed by atoms with E-state index in [4.69, 9.17) is 37.0 Å². The molecular formula is C74H144O17P2. The number of aliphatic hydroxyl groups is 1. The van der Waals surface area contributed by atoms with Crippen LogP contribution in [0.25, 0.3) is 0 Å². The van der Waals surface area contributed by atoms with Crippen molar-refractivity contribution >= 4 is 39.5 Å². The normalized spacial score (nSPS) is 15.1. The third-order valence-electron chi connectivity index (χ3n) is 18.2. The summed E-state index contributed by atoms with van der Waals surface area (Å²) in [5.41, 5.74) is 0. The minimum atomic E-state index is -4.96. The highest BCUT2D eigenvalue weighted by molar-refractivity contribution is 7.47. The summed E-state index contributed by atoms with van der Waals surface area (Å²) in [4.78, 5) is 72.7. The number of unbranched alkanes of at least 4 members (excludes halogenated alkanes) is 34. The van der Waals surface area contributed by atoms with Crippen LogP contribution in [0.5, 0.6) is 0 Å². The lowest BCUT2D eigenvalue weighted by molar-refractivity contribution is -0.161. The molecule has 93 heavy (non-hydrogen) atoms. The molecule has 0 aliphatic heterocycles. The molecule has 0 radical (unpaired) electrons. The lowest BCUT2D eigenvalue weighted by Crippen LogP contribution is -2.30. The van der Waals surface area contributed by atoms with E-state index in [1.807, 2.05) is 0 Å². The van der Waals surface area contributed by atoms with Crippen molar-refractivity contribution in [2.24, 2.45) is 23.7 Å². The van der Waals surface area contributed by atoms with Crippen LogP contribution in [0, 0.1) is 23.7 Å². The van der Waals surface area contributed by atoms with E-state index in [1.165, 1.54) is 167 Å². The van der Waals surface area contributed by atoms with Crippen molar-refractivity contribution in [1.29, 1.82) is 0 Å². The Balaban J connectivity index is 5.25. The summed E-state index contributed by atoms with van der Waals surface area (Å²) in [5, 5.41) is 10.6. The molecule has 0 rings (SSSR count). The number of esters is 4. The van der Waals surface area contributed by atoms with Gasteiger partial charge < -0.3 is 33.8 Å². The first kappa shape index (κ1) is 91.1. The standard InChI is InChI=1S/C74H144O17P2/c1-9-65(6)51-43-35-27-21-18-19-22-29-38-46-54-71(76)84-60-69(91-74(79)57-49-41-31-25-24-28-36-44-52-66(7)10-2)62-88-92(80,81)86-58-68(75)59-87-93(82,83)89-63-70(61-85-72(77)55-47-39-33-32-37-45-53-67(8)11-3)90-73(78)56-48-40-30-23-17-15-13-12-14-16-20-26-34-42-50-64(4)5/h64-70,75H,9-63H2,1-8H3,(H,80,81)(H,82,83)/t65?,66?,67?,68-,69-,70-/m1/s1. The Labute approximate surface area is 568 Å². The average Bonchev–Trinajstić information content (AvgIpc) is 1.69. The molecule has 3 N–H and O–H groups in total. The van der Waals surface area contributed by atoms with Crippen molar-refractivity contribution in [2.75, 3.05) is 39.6 Å². The van der Waals surface area contributed by atoms with Gasteiger partial charge in [-0.3, -0.25) is 37.3 Å². The fourth-order valence-electron chi connectivity index (χ4n) is 11.1. The van der Waals surface area contributed by atoms with Gasteiger partial charge in [0.25, 0.3) is 0 Å². The number of hydrogen-bond acceptors (Lipinski definition) is 15. The number of ether oxygens (including phenoxy) is 4. The van der Waals surface area contributed by atoms with Gasteiger partial charge in [0.2, 0.25) is 0 Å². The van der Waals surface area contributed by atoms with Crippen LogP contribution in [0.2, 0.25) is 0 Å². The third kappa shape index (κ3) is 64.5. The maximum absolute atomic E-state index is 13.0. The van der Waals surface area contributed by atoms with E-state index in [1.54, 1.807) is 0 Å². The number of phosphoric acid groups is 2. The molecule has 5 unspecified atom stereocenters. The monoisotopic (exact) mass is 1370 g/mol. The zero-order valence-corrected chi connectivity index (χ0v) is 62.7. The third-order valence-corrected chi connectivity index (χ3v) is 20.1. The molecule has 0 saturated carbocycles. The largest absolute Gasteiger partial charge is 0.472 e. The summed E-state index contributed by atoms with van der Waals surface area (Å²) in [5.74, 6) is 0.980. The first-order valence-corrected chi connectivity index (χ1v) is 41.3. The summed E-state index contributed by atoms with van der Waals surface area (Å²) >= 11 is 0. The lowest BCUT2D eigenvalue weighted by atomic mass is 9.99. The summed E-state index contributed by atoms with van der Waals surface area (Å²) in [6.45, 7) is 14.2.